The minimum Gasteiger partial charge on any atom is -0.497 e. The summed E-state index contributed by atoms with van der Waals surface area (Å²) in [6.45, 7) is 3.38. The average Bonchev–Trinajstić information content (AvgIpc) is 3.35. The van der Waals surface area contributed by atoms with Crippen molar-refractivity contribution < 1.29 is 14.2 Å². The molecule has 1 aromatic heterocycles. The third kappa shape index (κ3) is 3.24. The van der Waals surface area contributed by atoms with Gasteiger partial charge in [0.25, 0.3) is 0 Å². The van der Waals surface area contributed by atoms with Crippen molar-refractivity contribution >= 4 is 0 Å². The third-order valence-electron chi connectivity index (χ3n) is 5.68. The third-order valence-corrected chi connectivity index (χ3v) is 5.68. The van der Waals surface area contributed by atoms with E-state index in [0.717, 1.165) is 38.4 Å². The lowest BCUT2D eigenvalue weighted by Crippen LogP contribution is -2.42. The van der Waals surface area contributed by atoms with E-state index in [1.165, 1.54) is 11.1 Å². The van der Waals surface area contributed by atoms with Gasteiger partial charge in [-0.3, -0.25) is 9.58 Å². The second-order valence-corrected chi connectivity index (χ2v) is 7.47. The summed E-state index contributed by atoms with van der Waals surface area (Å²) in [7, 11) is 5.45. The number of rotatable bonds is 5. The van der Waals surface area contributed by atoms with Gasteiger partial charge in [-0.15, -0.1) is 0 Å². The summed E-state index contributed by atoms with van der Waals surface area (Å²) in [4.78, 5) is 2.42. The average molecular weight is 357 g/mol. The topological polar surface area (TPSA) is 48.8 Å². The first-order chi connectivity index (χ1) is 12.6. The highest BCUT2D eigenvalue weighted by Crippen LogP contribution is 2.44. The van der Waals surface area contributed by atoms with Crippen molar-refractivity contribution in [1.82, 2.24) is 14.7 Å². The van der Waals surface area contributed by atoms with Crippen LogP contribution in [0.5, 0.6) is 5.75 Å². The second kappa shape index (κ2) is 7.02. The van der Waals surface area contributed by atoms with Crippen LogP contribution in [0.15, 0.2) is 36.7 Å². The Morgan fingerprint density at radius 2 is 2.23 bits per heavy atom. The SMILES string of the molecule is COc1cccc([C@H]2CO[C@]3(C2)CN(Cc2cnn(C)c2)C[C@H]3OC)c1. The number of benzene rings is 1. The summed E-state index contributed by atoms with van der Waals surface area (Å²) < 4.78 is 19.5. The van der Waals surface area contributed by atoms with Crippen LogP contribution in [0, 0.1) is 0 Å². The Hall–Kier alpha value is -1.89. The van der Waals surface area contributed by atoms with Gasteiger partial charge in [-0.05, 0) is 24.1 Å². The number of hydrogen-bond acceptors (Lipinski definition) is 5. The molecule has 2 saturated heterocycles. The molecule has 2 aromatic rings. The fourth-order valence-electron chi connectivity index (χ4n) is 4.41. The van der Waals surface area contributed by atoms with Gasteiger partial charge < -0.3 is 14.2 Å². The molecular weight excluding hydrogens is 330 g/mol. The van der Waals surface area contributed by atoms with E-state index < -0.39 is 0 Å². The molecule has 0 N–H and O–H groups in total. The smallest absolute Gasteiger partial charge is 0.119 e. The highest BCUT2D eigenvalue weighted by atomic mass is 16.6. The van der Waals surface area contributed by atoms with Crippen LogP contribution < -0.4 is 4.74 Å². The van der Waals surface area contributed by atoms with Gasteiger partial charge in [0.05, 0.1) is 26.0 Å². The second-order valence-electron chi connectivity index (χ2n) is 7.47. The van der Waals surface area contributed by atoms with Crippen LogP contribution in [0.3, 0.4) is 0 Å². The van der Waals surface area contributed by atoms with Crippen LogP contribution in [0.2, 0.25) is 0 Å². The van der Waals surface area contributed by atoms with E-state index in [1.807, 2.05) is 24.0 Å². The summed E-state index contributed by atoms with van der Waals surface area (Å²) in [5.74, 6) is 1.28. The number of aromatic nitrogens is 2. The van der Waals surface area contributed by atoms with Crippen molar-refractivity contribution in [3.8, 4) is 5.75 Å². The maximum absolute atomic E-state index is 6.39. The minimum absolute atomic E-state index is 0.0924. The normalized spacial score (nSPS) is 28.9. The largest absolute Gasteiger partial charge is 0.497 e. The fourth-order valence-corrected chi connectivity index (χ4v) is 4.41. The molecule has 2 aliphatic rings. The molecule has 6 heteroatoms. The Balaban J connectivity index is 1.48. The molecule has 0 amide bonds. The van der Waals surface area contributed by atoms with Crippen molar-refractivity contribution in [3.63, 3.8) is 0 Å². The molecule has 3 atom stereocenters. The maximum atomic E-state index is 6.39. The van der Waals surface area contributed by atoms with Crippen LogP contribution in [-0.4, -0.2) is 60.3 Å². The van der Waals surface area contributed by atoms with Gasteiger partial charge in [0.15, 0.2) is 0 Å². The number of hydrogen-bond donors (Lipinski definition) is 0. The highest BCUT2D eigenvalue weighted by Gasteiger charge is 2.52. The van der Waals surface area contributed by atoms with Crippen molar-refractivity contribution in [2.45, 2.75) is 30.6 Å². The molecule has 0 aliphatic carbocycles. The zero-order valence-corrected chi connectivity index (χ0v) is 15.7. The molecule has 3 heterocycles. The van der Waals surface area contributed by atoms with Crippen molar-refractivity contribution in [1.29, 1.82) is 0 Å². The number of nitrogens with zero attached hydrogens (tertiary/aromatic N) is 3. The van der Waals surface area contributed by atoms with E-state index in [1.54, 1.807) is 14.2 Å². The summed E-state index contributed by atoms with van der Waals surface area (Å²) in [6, 6.07) is 8.32. The number of ether oxygens (including phenoxy) is 3. The summed E-state index contributed by atoms with van der Waals surface area (Å²) in [5.41, 5.74) is 2.27. The molecule has 6 nitrogen and oxygen atoms in total. The Morgan fingerprint density at radius 1 is 1.35 bits per heavy atom. The van der Waals surface area contributed by atoms with Crippen LogP contribution in [0.1, 0.15) is 23.5 Å². The van der Waals surface area contributed by atoms with E-state index in [0.29, 0.717) is 5.92 Å². The summed E-state index contributed by atoms with van der Waals surface area (Å²) in [5, 5.41) is 4.27. The number of likely N-dealkylation sites (tertiary alicyclic amines) is 1. The molecular formula is C20H27N3O3. The summed E-state index contributed by atoms with van der Waals surface area (Å²) >= 11 is 0. The Labute approximate surface area is 154 Å². The predicted octanol–water partition coefficient (Wildman–Crippen LogP) is 2.20. The van der Waals surface area contributed by atoms with Crippen molar-refractivity contribution in [3.05, 3.63) is 47.8 Å². The van der Waals surface area contributed by atoms with Gasteiger partial charge in [0.2, 0.25) is 0 Å². The quantitative estimate of drug-likeness (QED) is 0.821. The van der Waals surface area contributed by atoms with Gasteiger partial charge in [-0.25, -0.2) is 0 Å². The molecule has 2 fully saturated rings. The molecule has 0 bridgehead atoms. The first-order valence-electron chi connectivity index (χ1n) is 9.12. The van der Waals surface area contributed by atoms with Gasteiger partial charge >= 0.3 is 0 Å². The fraction of sp³-hybridized carbons (Fsp3) is 0.550. The molecule has 2 aliphatic heterocycles. The number of methoxy groups -OCH3 is 2. The van der Waals surface area contributed by atoms with E-state index >= 15 is 0 Å². The van der Waals surface area contributed by atoms with Crippen molar-refractivity contribution in [2.24, 2.45) is 7.05 Å². The lowest BCUT2D eigenvalue weighted by Gasteiger charge is -2.28. The van der Waals surface area contributed by atoms with Gasteiger partial charge in [-0.2, -0.15) is 5.10 Å². The van der Waals surface area contributed by atoms with E-state index in [4.69, 9.17) is 14.2 Å². The zero-order chi connectivity index (χ0) is 18.1. The monoisotopic (exact) mass is 357 g/mol. The molecule has 1 aromatic carbocycles. The van der Waals surface area contributed by atoms with Crippen molar-refractivity contribution in [2.75, 3.05) is 33.9 Å². The maximum Gasteiger partial charge on any atom is 0.119 e. The van der Waals surface area contributed by atoms with E-state index in [-0.39, 0.29) is 11.7 Å². The van der Waals surface area contributed by atoms with Crippen LogP contribution in [0.25, 0.3) is 0 Å². The molecule has 4 rings (SSSR count). The molecule has 26 heavy (non-hydrogen) atoms. The van der Waals surface area contributed by atoms with Crippen LogP contribution in [-0.2, 0) is 23.1 Å². The molecule has 1 spiro atoms. The molecule has 140 valence electrons. The molecule has 0 radical (unpaired) electrons. The highest BCUT2D eigenvalue weighted by molar-refractivity contribution is 5.32. The van der Waals surface area contributed by atoms with Gasteiger partial charge in [0.1, 0.15) is 11.4 Å². The molecule has 0 unspecified atom stereocenters. The van der Waals surface area contributed by atoms with Crippen LogP contribution >= 0.6 is 0 Å². The van der Waals surface area contributed by atoms with Crippen LogP contribution in [0.4, 0.5) is 0 Å². The molecule has 0 saturated carbocycles. The Morgan fingerprint density at radius 3 is 2.96 bits per heavy atom. The van der Waals surface area contributed by atoms with E-state index in [2.05, 4.69) is 34.4 Å². The van der Waals surface area contributed by atoms with Gasteiger partial charge in [0, 0.05) is 51.5 Å². The lowest BCUT2D eigenvalue weighted by atomic mass is 9.87. The first kappa shape index (κ1) is 17.5. The van der Waals surface area contributed by atoms with E-state index in [9.17, 15) is 0 Å². The zero-order valence-electron chi connectivity index (χ0n) is 15.7. The Kier molecular flexibility index (Phi) is 4.73. The predicted molar refractivity (Wildman–Crippen MR) is 98.3 cm³/mol. The first-order valence-corrected chi connectivity index (χ1v) is 9.12. The Bertz CT molecular complexity index is 762. The number of aryl methyl sites for hydroxylation is 1. The standard InChI is InChI=1S/C20H27N3O3/c1-22-10-15(9-21-22)11-23-12-19(25-3)20(14-23)8-17(13-26-20)16-5-4-6-18(7-16)24-2/h4-7,9-10,17,19H,8,11-14H2,1-3H3/t17-,19-,20-/m1/s1. The van der Waals surface area contributed by atoms with Gasteiger partial charge in [-0.1, -0.05) is 12.1 Å². The summed E-state index contributed by atoms with van der Waals surface area (Å²) in [6.07, 6.45) is 5.07. The minimum atomic E-state index is -0.231. The lowest BCUT2D eigenvalue weighted by molar-refractivity contribution is -0.0757.